The van der Waals surface area contributed by atoms with Crippen LogP contribution < -0.4 is 0 Å². The second kappa shape index (κ2) is 8.11. The van der Waals surface area contributed by atoms with Gasteiger partial charge >= 0.3 is 5.97 Å². The Labute approximate surface area is 144 Å². The standard InChI is InChI=1S/C15H17N3O4S2/c1-3-9-18-13(16-17-15(18)23-10-14(19)22-2)11-24(20,21)12-7-5-4-6-8-12/h3-8H,1,9-11H2,2H3. The second-order valence-electron chi connectivity index (χ2n) is 4.74. The summed E-state index contributed by atoms with van der Waals surface area (Å²) in [6.45, 7) is 4.00. The van der Waals surface area contributed by atoms with Crippen molar-refractivity contribution in [3.8, 4) is 0 Å². The number of carbonyl (C=O) groups is 1. The lowest BCUT2D eigenvalue weighted by atomic mass is 10.4. The van der Waals surface area contributed by atoms with Gasteiger partial charge in [0.2, 0.25) is 0 Å². The van der Waals surface area contributed by atoms with E-state index in [-0.39, 0.29) is 16.4 Å². The molecule has 0 saturated heterocycles. The molecule has 0 spiro atoms. The zero-order valence-corrected chi connectivity index (χ0v) is 14.7. The van der Waals surface area contributed by atoms with Crippen LogP contribution in [0.4, 0.5) is 0 Å². The Kier molecular flexibility index (Phi) is 6.16. The molecule has 0 bridgehead atoms. The maximum atomic E-state index is 12.5. The summed E-state index contributed by atoms with van der Waals surface area (Å²) in [6, 6.07) is 8.16. The molecular formula is C15H17N3O4S2. The Bertz CT molecular complexity index is 816. The summed E-state index contributed by atoms with van der Waals surface area (Å²) >= 11 is 1.13. The molecular weight excluding hydrogens is 350 g/mol. The smallest absolute Gasteiger partial charge is 0.316 e. The number of sulfone groups is 1. The third-order valence-electron chi connectivity index (χ3n) is 3.07. The van der Waals surface area contributed by atoms with Crippen LogP contribution in [-0.4, -0.2) is 42.0 Å². The quantitative estimate of drug-likeness (QED) is 0.398. The van der Waals surface area contributed by atoms with Crippen molar-refractivity contribution in [2.45, 2.75) is 22.3 Å². The third-order valence-corrected chi connectivity index (χ3v) is 5.64. The first kappa shape index (κ1) is 18.2. The largest absolute Gasteiger partial charge is 0.468 e. The van der Waals surface area contributed by atoms with Crippen LogP contribution >= 0.6 is 11.8 Å². The fourth-order valence-corrected chi connectivity index (χ4v) is 4.00. The number of aromatic nitrogens is 3. The first-order valence-electron chi connectivity index (χ1n) is 6.98. The molecule has 0 unspecified atom stereocenters. The van der Waals surface area contributed by atoms with Gasteiger partial charge in [0.15, 0.2) is 15.0 Å². The number of thioether (sulfide) groups is 1. The van der Waals surface area contributed by atoms with E-state index in [4.69, 9.17) is 0 Å². The van der Waals surface area contributed by atoms with E-state index in [2.05, 4.69) is 21.5 Å². The number of hydrogen-bond donors (Lipinski definition) is 0. The fourth-order valence-electron chi connectivity index (χ4n) is 1.91. The molecule has 1 aromatic carbocycles. The van der Waals surface area contributed by atoms with Gasteiger partial charge < -0.3 is 9.30 Å². The summed E-state index contributed by atoms with van der Waals surface area (Å²) in [5, 5.41) is 8.38. The van der Waals surface area contributed by atoms with Gasteiger partial charge in [-0.15, -0.1) is 16.8 Å². The number of methoxy groups -OCH3 is 1. The van der Waals surface area contributed by atoms with E-state index in [9.17, 15) is 13.2 Å². The van der Waals surface area contributed by atoms with E-state index in [1.165, 1.54) is 19.2 Å². The zero-order chi connectivity index (χ0) is 17.6. The Morgan fingerprint density at radius 3 is 2.67 bits per heavy atom. The van der Waals surface area contributed by atoms with Gasteiger partial charge in [-0.2, -0.15) is 0 Å². The highest BCUT2D eigenvalue weighted by atomic mass is 32.2. The Morgan fingerprint density at radius 1 is 1.33 bits per heavy atom. The average molecular weight is 367 g/mol. The molecule has 0 aliphatic heterocycles. The molecule has 0 N–H and O–H groups in total. The van der Waals surface area contributed by atoms with Crippen LogP contribution in [0, 0.1) is 0 Å². The molecule has 24 heavy (non-hydrogen) atoms. The normalized spacial score (nSPS) is 11.2. The number of hydrogen-bond acceptors (Lipinski definition) is 7. The van der Waals surface area contributed by atoms with Gasteiger partial charge in [-0.1, -0.05) is 36.0 Å². The van der Waals surface area contributed by atoms with Crippen molar-refractivity contribution in [1.29, 1.82) is 0 Å². The van der Waals surface area contributed by atoms with Crippen LogP contribution in [-0.2, 0) is 31.7 Å². The minimum absolute atomic E-state index is 0.0667. The molecule has 1 heterocycles. The summed E-state index contributed by atoms with van der Waals surface area (Å²) in [4.78, 5) is 11.5. The summed E-state index contributed by atoms with van der Waals surface area (Å²) in [5.41, 5.74) is 0. The summed E-state index contributed by atoms with van der Waals surface area (Å²) in [6.07, 6.45) is 1.62. The predicted octanol–water partition coefficient (Wildman–Crippen LogP) is 1.70. The first-order chi connectivity index (χ1) is 11.5. The van der Waals surface area contributed by atoms with Gasteiger partial charge in [-0.05, 0) is 12.1 Å². The van der Waals surface area contributed by atoms with Crippen molar-refractivity contribution >= 4 is 27.6 Å². The lowest BCUT2D eigenvalue weighted by molar-refractivity contribution is -0.137. The molecule has 9 heteroatoms. The zero-order valence-electron chi connectivity index (χ0n) is 13.1. The van der Waals surface area contributed by atoms with Gasteiger partial charge in [0.1, 0.15) is 11.6 Å². The molecule has 0 radical (unpaired) electrons. The first-order valence-corrected chi connectivity index (χ1v) is 9.62. The third kappa shape index (κ3) is 4.45. The Balaban J connectivity index is 2.25. The average Bonchev–Trinajstić information content (AvgIpc) is 2.95. The maximum Gasteiger partial charge on any atom is 0.316 e. The number of rotatable bonds is 8. The Hall–Kier alpha value is -2.13. The molecule has 0 saturated carbocycles. The molecule has 0 aliphatic carbocycles. The molecule has 1 aromatic heterocycles. The van der Waals surface area contributed by atoms with Crippen molar-refractivity contribution < 1.29 is 17.9 Å². The van der Waals surface area contributed by atoms with Gasteiger partial charge in [0, 0.05) is 6.54 Å². The molecule has 2 rings (SSSR count). The highest BCUT2D eigenvalue weighted by Gasteiger charge is 2.21. The number of allylic oxidation sites excluding steroid dienone is 1. The van der Waals surface area contributed by atoms with E-state index in [1.54, 1.807) is 28.8 Å². The van der Waals surface area contributed by atoms with E-state index in [0.717, 1.165) is 11.8 Å². The van der Waals surface area contributed by atoms with Crippen LogP contribution in [0.2, 0.25) is 0 Å². The van der Waals surface area contributed by atoms with Gasteiger partial charge in [-0.25, -0.2) is 8.42 Å². The summed E-state index contributed by atoms with van der Waals surface area (Å²) in [5.74, 6) is -0.314. The van der Waals surface area contributed by atoms with E-state index < -0.39 is 15.8 Å². The molecule has 0 atom stereocenters. The SMILES string of the molecule is C=CCn1c(CS(=O)(=O)c2ccccc2)nnc1SCC(=O)OC. The van der Waals surface area contributed by atoms with E-state index in [1.807, 2.05) is 0 Å². The van der Waals surface area contributed by atoms with Crippen LogP contribution in [0.15, 0.2) is 53.0 Å². The fraction of sp³-hybridized carbons (Fsp3) is 0.267. The van der Waals surface area contributed by atoms with Gasteiger partial charge in [0.25, 0.3) is 0 Å². The van der Waals surface area contributed by atoms with Gasteiger partial charge in [-0.3, -0.25) is 4.79 Å². The molecule has 2 aromatic rings. The van der Waals surface area contributed by atoms with E-state index >= 15 is 0 Å². The monoisotopic (exact) mass is 367 g/mol. The lowest BCUT2D eigenvalue weighted by Gasteiger charge is -2.08. The number of carbonyl (C=O) groups excluding carboxylic acids is 1. The topological polar surface area (TPSA) is 91.1 Å². The van der Waals surface area contributed by atoms with Crippen LogP contribution in [0.3, 0.4) is 0 Å². The summed E-state index contributed by atoms with van der Waals surface area (Å²) < 4.78 is 31.2. The molecule has 0 aliphatic rings. The molecule has 7 nitrogen and oxygen atoms in total. The molecule has 0 fully saturated rings. The Morgan fingerprint density at radius 2 is 2.04 bits per heavy atom. The van der Waals surface area contributed by atoms with E-state index in [0.29, 0.717) is 17.5 Å². The highest BCUT2D eigenvalue weighted by Crippen LogP contribution is 2.21. The molecule has 0 amide bonds. The predicted molar refractivity (Wildman–Crippen MR) is 90.3 cm³/mol. The van der Waals surface area contributed by atoms with Crippen molar-refractivity contribution in [2.24, 2.45) is 0 Å². The van der Waals surface area contributed by atoms with Crippen LogP contribution in [0.25, 0.3) is 0 Å². The highest BCUT2D eigenvalue weighted by molar-refractivity contribution is 7.99. The molecule has 128 valence electrons. The minimum Gasteiger partial charge on any atom is -0.468 e. The van der Waals surface area contributed by atoms with Crippen molar-refractivity contribution in [3.05, 3.63) is 48.8 Å². The number of benzene rings is 1. The van der Waals surface area contributed by atoms with Crippen molar-refractivity contribution in [1.82, 2.24) is 14.8 Å². The lowest BCUT2D eigenvalue weighted by Crippen LogP contribution is -2.12. The summed E-state index contributed by atoms with van der Waals surface area (Å²) in [7, 11) is -2.23. The van der Waals surface area contributed by atoms with Crippen molar-refractivity contribution in [3.63, 3.8) is 0 Å². The van der Waals surface area contributed by atoms with Gasteiger partial charge in [0.05, 0.1) is 17.8 Å². The van der Waals surface area contributed by atoms with Crippen molar-refractivity contribution in [2.75, 3.05) is 12.9 Å². The number of esters is 1. The minimum atomic E-state index is -3.54. The van der Waals surface area contributed by atoms with Crippen LogP contribution in [0.1, 0.15) is 5.82 Å². The number of ether oxygens (including phenoxy) is 1. The van der Waals surface area contributed by atoms with Crippen LogP contribution in [0.5, 0.6) is 0 Å². The second-order valence-corrected chi connectivity index (χ2v) is 7.67. The number of nitrogens with zero attached hydrogens (tertiary/aromatic N) is 3. The maximum absolute atomic E-state index is 12.5.